The van der Waals surface area contributed by atoms with E-state index in [2.05, 4.69) is 28.0 Å². The highest BCUT2D eigenvalue weighted by Crippen LogP contribution is 2.16. The second-order valence-electron chi connectivity index (χ2n) is 2.54. The Morgan fingerprint density at radius 1 is 1.00 bits per heavy atom. The van der Waals surface area contributed by atoms with Gasteiger partial charge in [0.25, 0.3) is 0 Å². The molecule has 1 aromatic carbocycles. The number of thiol groups is 1. The predicted octanol–water partition coefficient (Wildman–Crippen LogP) is 1.83. The van der Waals surface area contributed by atoms with Gasteiger partial charge in [-0.3, -0.25) is 0 Å². The monoisotopic (exact) mass is 189 g/mol. The molecule has 64 valence electrons. The van der Waals surface area contributed by atoms with Crippen molar-refractivity contribution in [3.05, 3.63) is 36.4 Å². The fourth-order valence-electron chi connectivity index (χ4n) is 1.05. The summed E-state index contributed by atoms with van der Waals surface area (Å²) in [6, 6.07) is 11.6. The van der Waals surface area contributed by atoms with Crippen LogP contribution in [0.15, 0.2) is 41.4 Å². The van der Waals surface area contributed by atoms with E-state index in [0.717, 1.165) is 11.3 Å². The minimum Gasteiger partial charge on any atom is -0.130 e. The zero-order valence-corrected chi connectivity index (χ0v) is 7.65. The molecule has 3 nitrogen and oxygen atoms in total. The minimum absolute atomic E-state index is 0.578. The minimum atomic E-state index is 0.578. The Kier molecular flexibility index (Phi) is 2.23. The number of benzene rings is 1. The summed E-state index contributed by atoms with van der Waals surface area (Å²) in [5.41, 5.74) is 1.81. The SMILES string of the molecule is Sc1cc(-c2ccccc2)nnn1. The van der Waals surface area contributed by atoms with Crippen molar-refractivity contribution in [1.29, 1.82) is 0 Å². The molecule has 0 fully saturated rings. The van der Waals surface area contributed by atoms with Crippen LogP contribution in [-0.2, 0) is 0 Å². The number of aromatic nitrogens is 3. The van der Waals surface area contributed by atoms with E-state index in [1.807, 2.05) is 30.3 Å². The van der Waals surface area contributed by atoms with Crippen molar-refractivity contribution in [1.82, 2.24) is 15.4 Å². The molecule has 0 atom stereocenters. The smallest absolute Gasteiger partial charge is 0.120 e. The van der Waals surface area contributed by atoms with E-state index in [-0.39, 0.29) is 0 Å². The molecule has 0 saturated carbocycles. The highest BCUT2D eigenvalue weighted by Gasteiger charge is 1.98. The fourth-order valence-corrected chi connectivity index (χ4v) is 1.21. The third kappa shape index (κ3) is 1.84. The Bertz CT molecular complexity index is 403. The van der Waals surface area contributed by atoms with Crippen LogP contribution in [0, 0.1) is 0 Å². The van der Waals surface area contributed by atoms with Gasteiger partial charge in [-0.2, -0.15) is 0 Å². The molecule has 0 amide bonds. The van der Waals surface area contributed by atoms with Crippen molar-refractivity contribution in [3.63, 3.8) is 0 Å². The summed E-state index contributed by atoms with van der Waals surface area (Å²) in [6.45, 7) is 0. The van der Waals surface area contributed by atoms with Crippen molar-refractivity contribution < 1.29 is 0 Å². The molecule has 0 spiro atoms. The quantitative estimate of drug-likeness (QED) is 0.695. The van der Waals surface area contributed by atoms with Gasteiger partial charge in [0.05, 0.1) is 5.69 Å². The average molecular weight is 189 g/mol. The Morgan fingerprint density at radius 3 is 2.46 bits per heavy atom. The van der Waals surface area contributed by atoms with E-state index in [9.17, 15) is 0 Å². The topological polar surface area (TPSA) is 38.7 Å². The number of hydrogen-bond donors (Lipinski definition) is 1. The van der Waals surface area contributed by atoms with Crippen LogP contribution < -0.4 is 0 Å². The van der Waals surface area contributed by atoms with Gasteiger partial charge in [-0.05, 0) is 5.21 Å². The molecule has 0 N–H and O–H groups in total. The van der Waals surface area contributed by atoms with Crippen LogP contribution in [0.2, 0.25) is 0 Å². The van der Waals surface area contributed by atoms with Crippen LogP contribution in [0.3, 0.4) is 0 Å². The molecular weight excluding hydrogens is 182 g/mol. The Morgan fingerprint density at radius 2 is 1.77 bits per heavy atom. The standard InChI is InChI=1S/C9H7N3S/c13-9-6-8(10-12-11-9)7-4-2-1-3-5-7/h1-6H,(H,10,11,13). The van der Waals surface area contributed by atoms with Gasteiger partial charge in [-0.25, -0.2) is 0 Å². The second-order valence-corrected chi connectivity index (χ2v) is 3.00. The highest BCUT2D eigenvalue weighted by molar-refractivity contribution is 7.80. The molecule has 0 radical (unpaired) electrons. The predicted molar refractivity (Wildman–Crippen MR) is 52.5 cm³/mol. The van der Waals surface area contributed by atoms with Crippen molar-refractivity contribution in [3.8, 4) is 11.3 Å². The summed E-state index contributed by atoms with van der Waals surface area (Å²) in [5, 5.41) is 11.7. The lowest BCUT2D eigenvalue weighted by Crippen LogP contribution is -1.90. The maximum atomic E-state index is 4.09. The second kappa shape index (κ2) is 3.53. The number of rotatable bonds is 1. The average Bonchev–Trinajstić information content (AvgIpc) is 2.19. The maximum Gasteiger partial charge on any atom is 0.120 e. The Balaban J connectivity index is 2.48. The van der Waals surface area contributed by atoms with E-state index in [4.69, 9.17) is 0 Å². The molecule has 0 saturated heterocycles. The summed E-state index contributed by atoms with van der Waals surface area (Å²) in [5.74, 6) is 0. The molecule has 1 heterocycles. The van der Waals surface area contributed by atoms with Gasteiger partial charge in [0.2, 0.25) is 0 Å². The molecule has 2 rings (SSSR count). The van der Waals surface area contributed by atoms with Gasteiger partial charge in [-0.1, -0.05) is 30.3 Å². The highest BCUT2D eigenvalue weighted by atomic mass is 32.1. The van der Waals surface area contributed by atoms with Crippen molar-refractivity contribution in [2.75, 3.05) is 0 Å². The lowest BCUT2D eigenvalue weighted by atomic mass is 10.1. The van der Waals surface area contributed by atoms with E-state index < -0.39 is 0 Å². The summed E-state index contributed by atoms with van der Waals surface area (Å²) in [4.78, 5) is 0. The first kappa shape index (κ1) is 8.19. The molecular formula is C9H7N3S. The van der Waals surface area contributed by atoms with Crippen molar-refractivity contribution in [2.24, 2.45) is 0 Å². The lowest BCUT2D eigenvalue weighted by molar-refractivity contribution is 0.812. The zero-order valence-electron chi connectivity index (χ0n) is 6.75. The maximum absolute atomic E-state index is 4.09. The molecule has 0 unspecified atom stereocenters. The molecule has 0 bridgehead atoms. The fraction of sp³-hybridized carbons (Fsp3) is 0. The molecule has 0 aliphatic heterocycles. The van der Waals surface area contributed by atoms with E-state index >= 15 is 0 Å². The Labute approximate surface area is 81.2 Å². The van der Waals surface area contributed by atoms with Gasteiger partial charge in [-0.15, -0.1) is 22.8 Å². The molecule has 13 heavy (non-hydrogen) atoms. The van der Waals surface area contributed by atoms with Crippen LogP contribution in [-0.4, -0.2) is 15.4 Å². The first-order valence-electron chi connectivity index (χ1n) is 3.81. The number of nitrogens with zero attached hydrogens (tertiary/aromatic N) is 3. The summed E-state index contributed by atoms with van der Waals surface area (Å²) < 4.78 is 0. The molecule has 2 aromatic rings. The van der Waals surface area contributed by atoms with Gasteiger partial charge >= 0.3 is 0 Å². The summed E-state index contributed by atoms with van der Waals surface area (Å²) >= 11 is 4.09. The van der Waals surface area contributed by atoms with Gasteiger partial charge < -0.3 is 0 Å². The third-order valence-corrected chi connectivity index (χ3v) is 1.85. The largest absolute Gasteiger partial charge is 0.130 e. The van der Waals surface area contributed by atoms with E-state index in [0.29, 0.717) is 5.03 Å². The summed E-state index contributed by atoms with van der Waals surface area (Å²) in [6.07, 6.45) is 0. The van der Waals surface area contributed by atoms with Crippen molar-refractivity contribution >= 4 is 12.6 Å². The Hall–Kier alpha value is -1.42. The van der Waals surface area contributed by atoms with Crippen LogP contribution in [0.4, 0.5) is 0 Å². The molecule has 1 aromatic heterocycles. The van der Waals surface area contributed by atoms with E-state index in [1.165, 1.54) is 0 Å². The van der Waals surface area contributed by atoms with Gasteiger partial charge in [0.15, 0.2) is 0 Å². The molecule has 0 aliphatic carbocycles. The molecule has 0 aliphatic rings. The number of hydrogen-bond acceptors (Lipinski definition) is 4. The normalized spacial score (nSPS) is 9.92. The first-order valence-corrected chi connectivity index (χ1v) is 4.26. The van der Waals surface area contributed by atoms with Crippen LogP contribution in [0.25, 0.3) is 11.3 Å². The first-order chi connectivity index (χ1) is 6.36. The van der Waals surface area contributed by atoms with Crippen molar-refractivity contribution in [2.45, 2.75) is 5.03 Å². The van der Waals surface area contributed by atoms with Crippen LogP contribution in [0.5, 0.6) is 0 Å². The summed E-state index contributed by atoms with van der Waals surface area (Å²) in [7, 11) is 0. The zero-order chi connectivity index (χ0) is 9.10. The lowest BCUT2D eigenvalue weighted by Gasteiger charge is -1.97. The van der Waals surface area contributed by atoms with E-state index in [1.54, 1.807) is 6.07 Å². The van der Waals surface area contributed by atoms with Crippen LogP contribution in [0.1, 0.15) is 0 Å². The van der Waals surface area contributed by atoms with Crippen LogP contribution >= 0.6 is 12.6 Å². The van der Waals surface area contributed by atoms with Gasteiger partial charge in [0.1, 0.15) is 5.03 Å². The van der Waals surface area contributed by atoms with Gasteiger partial charge in [0, 0.05) is 11.6 Å². The molecule has 4 heteroatoms. The third-order valence-electron chi connectivity index (χ3n) is 1.64.